The van der Waals surface area contributed by atoms with Crippen molar-refractivity contribution in [3.63, 3.8) is 0 Å². The van der Waals surface area contributed by atoms with Gasteiger partial charge in [0, 0.05) is 7.05 Å². The molecule has 106 valence electrons. The maximum atomic E-state index is 12.1. The highest BCUT2D eigenvalue weighted by atomic mass is 16.3. The lowest BCUT2D eigenvalue weighted by Gasteiger charge is -2.20. The Morgan fingerprint density at radius 2 is 2.15 bits per heavy atom. The van der Waals surface area contributed by atoms with Gasteiger partial charge in [0.1, 0.15) is 17.9 Å². The first-order chi connectivity index (χ1) is 9.56. The summed E-state index contributed by atoms with van der Waals surface area (Å²) < 4.78 is 0. The number of benzene rings is 1. The molecule has 2 rings (SSSR count). The van der Waals surface area contributed by atoms with Crippen LogP contribution in [0, 0.1) is 0 Å². The first-order valence-corrected chi connectivity index (χ1v) is 6.19. The number of nitrogens with one attached hydrogen (secondary N) is 1. The number of nitrogens with two attached hydrogens (primary N) is 1. The van der Waals surface area contributed by atoms with E-state index in [-0.39, 0.29) is 11.7 Å². The fraction of sp³-hybridized carbons (Fsp3) is 0.308. The van der Waals surface area contributed by atoms with Crippen molar-refractivity contribution in [2.75, 3.05) is 7.05 Å². The Morgan fingerprint density at radius 3 is 2.75 bits per heavy atom. The van der Waals surface area contributed by atoms with Crippen molar-refractivity contribution in [2.45, 2.75) is 19.0 Å². The maximum absolute atomic E-state index is 12.1. The van der Waals surface area contributed by atoms with Gasteiger partial charge in [0.25, 0.3) is 0 Å². The van der Waals surface area contributed by atoms with Gasteiger partial charge in [0.2, 0.25) is 5.91 Å². The second kappa shape index (κ2) is 6.16. The van der Waals surface area contributed by atoms with Gasteiger partial charge in [0.15, 0.2) is 0 Å². The number of hydrogen-bond donors (Lipinski definition) is 3. The van der Waals surface area contributed by atoms with Gasteiger partial charge in [0.05, 0.1) is 12.6 Å². The Balaban J connectivity index is 1.92. The van der Waals surface area contributed by atoms with Crippen molar-refractivity contribution in [1.82, 2.24) is 20.1 Å². The summed E-state index contributed by atoms with van der Waals surface area (Å²) in [4.78, 5) is 17.6. The van der Waals surface area contributed by atoms with E-state index in [4.69, 9.17) is 5.73 Å². The summed E-state index contributed by atoms with van der Waals surface area (Å²) in [6.45, 7) is 0.335. The van der Waals surface area contributed by atoms with Crippen LogP contribution < -0.4 is 5.73 Å². The monoisotopic (exact) mass is 275 g/mol. The molecule has 1 aromatic heterocycles. The van der Waals surface area contributed by atoms with Crippen molar-refractivity contribution in [3.05, 3.63) is 42.0 Å². The third kappa shape index (κ3) is 3.55. The zero-order valence-corrected chi connectivity index (χ0v) is 11.2. The van der Waals surface area contributed by atoms with Crippen molar-refractivity contribution in [3.8, 4) is 5.75 Å². The molecule has 20 heavy (non-hydrogen) atoms. The van der Waals surface area contributed by atoms with E-state index in [0.717, 1.165) is 5.56 Å². The molecule has 0 saturated heterocycles. The second-order valence-corrected chi connectivity index (χ2v) is 4.60. The third-order valence-corrected chi connectivity index (χ3v) is 2.94. The van der Waals surface area contributed by atoms with Gasteiger partial charge in [-0.05, 0) is 24.1 Å². The molecule has 1 aromatic carbocycles. The van der Waals surface area contributed by atoms with E-state index >= 15 is 0 Å². The molecule has 0 aliphatic rings. The molecule has 7 nitrogen and oxygen atoms in total. The highest BCUT2D eigenvalue weighted by Gasteiger charge is 2.19. The molecule has 0 aliphatic carbocycles. The number of amides is 1. The number of hydrogen-bond acceptors (Lipinski definition) is 5. The number of nitrogens with zero attached hydrogens (tertiary/aromatic N) is 3. The molecule has 0 bridgehead atoms. The van der Waals surface area contributed by atoms with Crippen LogP contribution in [0.15, 0.2) is 30.6 Å². The number of likely N-dealkylation sites (N-methyl/N-ethyl adjacent to an activating group) is 1. The second-order valence-electron chi connectivity index (χ2n) is 4.60. The van der Waals surface area contributed by atoms with E-state index in [9.17, 15) is 9.90 Å². The number of rotatable bonds is 5. The largest absolute Gasteiger partial charge is 0.508 e. The summed E-state index contributed by atoms with van der Waals surface area (Å²) in [6.07, 6.45) is 1.81. The SMILES string of the molecule is CN(Cc1ncn[nH]1)C(=O)[C@@H](N)Cc1ccc(O)cc1. The first kappa shape index (κ1) is 14.0. The molecular formula is C13H17N5O2. The summed E-state index contributed by atoms with van der Waals surface area (Å²) in [7, 11) is 1.67. The van der Waals surface area contributed by atoms with Crippen LogP contribution in [0.5, 0.6) is 5.75 Å². The van der Waals surface area contributed by atoms with E-state index < -0.39 is 6.04 Å². The van der Waals surface area contributed by atoms with Gasteiger partial charge < -0.3 is 15.7 Å². The molecule has 0 aliphatic heterocycles. The highest BCUT2D eigenvalue weighted by molar-refractivity contribution is 5.81. The summed E-state index contributed by atoms with van der Waals surface area (Å²) >= 11 is 0. The average Bonchev–Trinajstić information content (AvgIpc) is 2.93. The van der Waals surface area contributed by atoms with Crippen LogP contribution >= 0.6 is 0 Å². The fourth-order valence-electron chi connectivity index (χ4n) is 1.87. The van der Waals surface area contributed by atoms with Crippen molar-refractivity contribution < 1.29 is 9.90 Å². The minimum atomic E-state index is -0.632. The summed E-state index contributed by atoms with van der Waals surface area (Å²) in [5.41, 5.74) is 6.82. The Kier molecular flexibility index (Phi) is 4.31. The number of aromatic hydroxyl groups is 1. The van der Waals surface area contributed by atoms with Gasteiger partial charge in [-0.25, -0.2) is 4.98 Å². The maximum Gasteiger partial charge on any atom is 0.239 e. The van der Waals surface area contributed by atoms with Gasteiger partial charge >= 0.3 is 0 Å². The van der Waals surface area contributed by atoms with Crippen molar-refractivity contribution in [2.24, 2.45) is 5.73 Å². The number of carbonyl (C=O) groups is 1. The number of H-pyrrole nitrogens is 1. The lowest BCUT2D eigenvalue weighted by molar-refractivity contribution is -0.131. The summed E-state index contributed by atoms with van der Waals surface area (Å²) in [5.74, 6) is 0.628. The quantitative estimate of drug-likeness (QED) is 0.714. The number of aromatic nitrogens is 3. The number of aromatic amines is 1. The minimum Gasteiger partial charge on any atom is -0.508 e. The van der Waals surface area contributed by atoms with Gasteiger partial charge in [-0.1, -0.05) is 12.1 Å². The first-order valence-electron chi connectivity index (χ1n) is 6.19. The number of phenols is 1. The molecule has 1 amide bonds. The van der Waals surface area contributed by atoms with Crippen LogP contribution in [-0.4, -0.2) is 44.2 Å². The summed E-state index contributed by atoms with van der Waals surface area (Å²) in [5, 5.41) is 15.6. The van der Waals surface area contributed by atoms with E-state index in [1.165, 1.54) is 11.2 Å². The Bertz CT molecular complexity index is 553. The van der Waals surface area contributed by atoms with Crippen LogP contribution in [0.4, 0.5) is 0 Å². The lowest BCUT2D eigenvalue weighted by atomic mass is 10.1. The molecule has 0 fully saturated rings. The highest BCUT2D eigenvalue weighted by Crippen LogP contribution is 2.11. The smallest absolute Gasteiger partial charge is 0.239 e. The van der Waals surface area contributed by atoms with E-state index in [1.807, 2.05) is 0 Å². The summed E-state index contributed by atoms with van der Waals surface area (Å²) in [6, 6.07) is 6.01. The molecular weight excluding hydrogens is 258 g/mol. The van der Waals surface area contributed by atoms with Crippen LogP contribution in [-0.2, 0) is 17.8 Å². The normalized spacial score (nSPS) is 12.1. The molecule has 7 heteroatoms. The van der Waals surface area contributed by atoms with Gasteiger partial charge in [-0.2, -0.15) is 5.10 Å². The molecule has 1 atom stereocenters. The van der Waals surface area contributed by atoms with Gasteiger partial charge in [-0.15, -0.1) is 0 Å². The van der Waals surface area contributed by atoms with Crippen LogP contribution in [0.3, 0.4) is 0 Å². The molecule has 0 spiro atoms. The predicted molar refractivity (Wildman–Crippen MR) is 72.6 cm³/mol. The third-order valence-electron chi connectivity index (χ3n) is 2.94. The standard InChI is InChI=1S/C13H17N5O2/c1-18(7-12-15-8-16-17-12)13(20)11(14)6-9-2-4-10(19)5-3-9/h2-5,8,11,19H,6-7,14H2,1H3,(H,15,16,17)/t11-/m0/s1. The predicted octanol–water partition coefficient (Wildman–Crippen LogP) is 0.0387. The van der Waals surface area contributed by atoms with Crippen molar-refractivity contribution >= 4 is 5.91 Å². The minimum absolute atomic E-state index is 0.172. The zero-order chi connectivity index (χ0) is 14.5. The molecule has 4 N–H and O–H groups in total. The molecule has 2 aromatic rings. The van der Waals surface area contributed by atoms with Crippen LogP contribution in [0.25, 0.3) is 0 Å². The van der Waals surface area contributed by atoms with Crippen molar-refractivity contribution in [1.29, 1.82) is 0 Å². The van der Waals surface area contributed by atoms with E-state index in [0.29, 0.717) is 18.8 Å². The van der Waals surface area contributed by atoms with E-state index in [2.05, 4.69) is 15.2 Å². The number of carbonyl (C=O) groups excluding carboxylic acids is 1. The Hall–Kier alpha value is -2.41. The van der Waals surface area contributed by atoms with E-state index in [1.54, 1.807) is 31.3 Å². The topological polar surface area (TPSA) is 108 Å². The molecule has 0 unspecified atom stereocenters. The fourth-order valence-corrected chi connectivity index (χ4v) is 1.87. The Morgan fingerprint density at radius 1 is 1.45 bits per heavy atom. The number of phenolic OH excluding ortho intramolecular Hbond substituents is 1. The van der Waals surface area contributed by atoms with Crippen LogP contribution in [0.2, 0.25) is 0 Å². The van der Waals surface area contributed by atoms with Gasteiger partial charge in [-0.3, -0.25) is 9.89 Å². The Labute approximate surface area is 116 Å². The lowest BCUT2D eigenvalue weighted by Crippen LogP contribution is -2.42. The van der Waals surface area contributed by atoms with Crippen LogP contribution in [0.1, 0.15) is 11.4 Å². The average molecular weight is 275 g/mol. The molecule has 0 radical (unpaired) electrons. The molecule has 0 saturated carbocycles. The molecule has 1 heterocycles. The zero-order valence-electron chi connectivity index (χ0n) is 11.2.